The Bertz CT molecular complexity index is 1600. The Morgan fingerprint density at radius 1 is 1.06 bits per heavy atom. The number of hydrogen-bond donors (Lipinski definition) is 2. The first-order valence-electron chi connectivity index (χ1n) is 16.8. The Balaban J connectivity index is 1.44. The maximum atomic E-state index is 13.6. The van der Waals surface area contributed by atoms with Crippen molar-refractivity contribution in [1.29, 1.82) is 0 Å². The third-order valence-electron chi connectivity index (χ3n) is 10.6. The van der Waals surface area contributed by atoms with Gasteiger partial charge in [-0.2, -0.15) is 0 Å². The summed E-state index contributed by atoms with van der Waals surface area (Å²) in [5, 5.41) is 12.8. The standard InChI is InChI=1S/C35H46ClN3O7S/c1-38-15-12-23-13-16-45-32(17-23)29-10-7-25(29)21-39-14-4-3-5-24-18-28(36)9-6-26(24)22-46-31-11-8-27(19-30(31)39)35(42,20-33(38)40)34(41)37-47(2,43)44/h6,8-9,11,18-19,23,25,29,32,42H,3-5,7,10,12-17,20-22H2,1-2H3,(H,37,41)/t23-,25+,29-,32+,35-/m1/s1. The van der Waals surface area contributed by atoms with Crippen molar-refractivity contribution in [1.82, 2.24) is 9.62 Å². The van der Waals surface area contributed by atoms with Crippen molar-refractivity contribution in [3.63, 3.8) is 0 Å². The molecule has 3 aliphatic heterocycles. The van der Waals surface area contributed by atoms with Gasteiger partial charge < -0.3 is 24.4 Å². The number of nitrogens with zero attached hydrogens (tertiary/aromatic N) is 2. The van der Waals surface area contributed by atoms with E-state index in [0.717, 1.165) is 75.3 Å². The van der Waals surface area contributed by atoms with Crippen LogP contribution < -0.4 is 14.4 Å². The Labute approximate surface area is 282 Å². The minimum Gasteiger partial charge on any atom is -0.487 e. The maximum absolute atomic E-state index is 13.6. The number of hydrogen-bond acceptors (Lipinski definition) is 8. The largest absolute Gasteiger partial charge is 0.487 e. The lowest BCUT2D eigenvalue weighted by atomic mass is 9.67. The fraction of sp³-hybridized carbons (Fsp3) is 0.600. The molecule has 1 saturated carbocycles. The summed E-state index contributed by atoms with van der Waals surface area (Å²) in [4.78, 5) is 31.0. The molecule has 2 aromatic rings. The number of carbonyl (C=O) groups is 2. The molecule has 2 fully saturated rings. The van der Waals surface area contributed by atoms with E-state index >= 15 is 0 Å². The van der Waals surface area contributed by atoms with Gasteiger partial charge in [0.25, 0.3) is 5.91 Å². The molecule has 1 saturated heterocycles. The predicted octanol–water partition coefficient (Wildman–Crippen LogP) is 4.40. The molecule has 0 radical (unpaired) electrons. The predicted molar refractivity (Wildman–Crippen MR) is 180 cm³/mol. The second-order valence-corrected chi connectivity index (χ2v) is 16.1. The topological polar surface area (TPSA) is 125 Å². The van der Waals surface area contributed by atoms with Crippen LogP contribution in [0.1, 0.15) is 68.1 Å². The van der Waals surface area contributed by atoms with E-state index in [1.165, 1.54) is 4.90 Å². The van der Waals surface area contributed by atoms with Crippen LogP contribution in [-0.2, 0) is 43.0 Å². The van der Waals surface area contributed by atoms with E-state index in [1.54, 1.807) is 25.2 Å². The second kappa shape index (κ2) is 13.9. The summed E-state index contributed by atoms with van der Waals surface area (Å²) < 4.78 is 39.2. The van der Waals surface area contributed by atoms with E-state index in [1.807, 2.05) is 22.9 Å². The fourth-order valence-electron chi connectivity index (χ4n) is 7.67. The van der Waals surface area contributed by atoms with Crippen LogP contribution in [0.25, 0.3) is 0 Å². The zero-order chi connectivity index (χ0) is 33.3. The lowest BCUT2D eigenvalue weighted by Gasteiger charge is -2.47. The SMILES string of the molecule is CN1CC[C@@H]2CCO[C@@H](C2)[C@@H]2CC[C@H]2CN2CCCCc3cc(Cl)ccc3COc3ccc(cc32)[C@@](O)(C(=O)NS(C)(=O)=O)CC1=O. The molecule has 3 heterocycles. The molecule has 4 bridgehead atoms. The number of aryl methyl sites for hydroxylation is 1. The summed E-state index contributed by atoms with van der Waals surface area (Å²) in [6, 6.07) is 10.8. The third kappa shape index (κ3) is 7.74. The van der Waals surface area contributed by atoms with Gasteiger partial charge in [-0.1, -0.05) is 23.7 Å². The number of carbonyl (C=O) groups excluding carboxylic acids is 2. The Morgan fingerprint density at radius 2 is 1.89 bits per heavy atom. The van der Waals surface area contributed by atoms with Gasteiger partial charge >= 0.3 is 0 Å². The molecule has 256 valence electrons. The number of halogens is 1. The van der Waals surface area contributed by atoms with Gasteiger partial charge in [0.1, 0.15) is 12.4 Å². The van der Waals surface area contributed by atoms with Gasteiger partial charge in [-0.05, 0) is 110 Å². The van der Waals surface area contributed by atoms with E-state index in [-0.39, 0.29) is 11.7 Å². The van der Waals surface area contributed by atoms with E-state index in [9.17, 15) is 23.1 Å². The molecular weight excluding hydrogens is 642 g/mol. The molecule has 2 N–H and O–H groups in total. The molecule has 1 aliphatic carbocycles. The fourth-order valence-corrected chi connectivity index (χ4v) is 8.37. The molecule has 2 amide bonds. The average Bonchev–Trinajstić information content (AvgIpc) is 3.04. The van der Waals surface area contributed by atoms with Gasteiger partial charge in [0.2, 0.25) is 15.9 Å². The van der Waals surface area contributed by atoms with Crippen molar-refractivity contribution in [2.24, 2.45) is 17.8 Å². The number of sulfonamides is 1. The number of anilines is 1. The van der Waals surface area contributed by atoms with Crippen LogP contribution in [0.3, 0.4) is 0 Å². The van der Waals surface area contributed by atoms with E-state index in [2.05, 4.69) is 4.90 Å². The highest BCUT2D eigenvalue weighted by molar-refractivity contribution is 7.89. The van der Waals surface area contributed by atoms with Gasteiger partial charge in [0.15, 0.2) is 5.60 Å². The summed E-state index contributed by atoms with van der Waals surface area (Å²) in [6.45, 7) is 2.94. The van der Waals surface area contributed by atoms with Crippen LogP contribution in [0.15, 0.2) is 36.4 Å². The molecule has 10 nitrogen and oxygen atoms in total. The van der Waals surface area contributed by atoms with E-state index in [4.69, 9.17) is 21.1 Å². The van der Waals surface area contributed by atoms with Gasteiger partial charge in [0.05, 0.1) is 24.5 Å². The zero-order valence-corrected chi connectivity index (χ0v) is 28.8. The summed E-state index contributed by atoms with van der Waals surface area (Å²) in [7, 11) is -2.37. The van der Waals surface area contributed by atoms with Crippen LogP contribution >= 0.6 is 11.6 Å². The number of rotatable bonds is 2. The smallest absolute Gasteiger partial charge is 0.270 e. The highest BCUT2D eigenvalue weighted by Crippen LogP contribution is 2.45. The van der Waals surface area contributed by atoms with Crippen molar-refractivity contribution in [3.8, 4) is 5.75 Å². The average molecular weight is 688 g/mol. The monoisotopic (exact) mass is 687 g/mol. The van der Waals surface area contributed by atoms with Crippen molar-refractivity contribution >= 4 is 39.1 Å². The van der Waals surface area contributed by atoms with Gasteiger partial charge in [0, 0.05) is 38.3 Å². The third-order valence-corrected chi connectivity index (χ3v) is 11.4. The molecule has 0 spiro atoms. The quantitative estimate of drug-likeness (QED) is 0.476. The second-order valence-electron chi connectivity index (χ2n) is 13.9. The van der Waals surface area contributed by atoms with Gasteiger partial charge in [-0.25, -0.2) is 8.42 Å². The van der Waals surface area contributed by atoms with Crippen molar-refractivity contribution in [2.75, 3.05) is 44.4 Å². The Kier molecular flexibility index (Phi) is 10.1. The molecule has 4 aliphatic rings. The number of fused-ring (bicyclic) bond motifs is 6. The first kappa shape index (κ1) is 34.0. The summed E-state index contributed by atoms with van der Waals surface area (Å²) >= 11 is 6.35. The molecule has 47 heavy (non-hydrogen) atoms. The lowest BCUT2D eigenvalue weighted by molar-refractivity contribution is -0.148. The zero-order valence-electron chi connectivity index (χ0n) is 27.3. The van der Waals surface area contributed by atoms with Gasteiger partial charge in [-0.3, -0.25) is 14.3 Å². The van der Waals surface area contributed by atoms with Crippen LogP contribution in [0.2, 0.25) is 5.02 Å². The first-order chi connectivity index (χ1) is 22.4. The maximum Gasteiger partial charge on any atom is 0.270 e. The van der Waals surface area contributed by atoms with E-state index < -0.39 is 33.9 Å². The van der Waals surface area contributed by atoms with Crippen LogP contribution in [0, 0.1) is 17.8 Å². The minimum absolute atomic E-state index is 0.132. The number of benzene rings is 2. The highest BCUT2D eigenvalue weighted by Gasteiger charge is 2.44. The van der Waals surface area contributed by atoms with Crippen LogP contribution in [0.5, 0.6) is 5.75 Å². The van der Waals surface area contributed by atoms with E-state index in [0.29, 0.717) is 60.5 Å². The summed E-state index contributed by atoms with van der Waals surface area (Å²) in [5.74, 6) is 0.207. The molecule has 0 aromatic heterocycles. The molecule has 0 unspecified atom stereocenters. The molecule has 5 atom stereocenters. The van der Waals surface area contributed by atoms with Crippen LogP contribution in [-0.4, -0.2) is 75.9 Å². The number of aliphatic hydroxyl groups is 1. The van der Waals surface area contributed by atoms with Crippen molar-refractivity contribution in [3.05, 3.63) is 58.1 Å². The molecule has 12 heteroatoms. The summed E-state index contributed by atoms with van der Waals surface area (Å²) in [6.07, 6.45) is 7.99. The Hall–Kier alpha value is -2.86. The number of nitrogens with one attached hydrogen (secondary N) is 1. The van der Waals surface area contributed by atoms with Crippen molar-refractivity contribution in [2.45, 2.75) is 76.1 Å². The molecular formula is C35H46ClN3O7S. The number of ether oxygens (including phenoxy) is 2. The normalized spacial score (nSPS) is 28.9. The van der Waals surface area contributed by atoms with Crippen molar-refractivity contribution < 1.29 is 32.6 Å². The lowest BCUT2D eigenvalue weighted by Crippen LogP contribution is -2.50. The molecule has 6 rings (SSSR count). The summed E-state index contributed by atoms with van der Waals surface area (Å²) in [5.41, 5.74) is 0.573. The first-order valence-corrected chi connectivity index (χ1v) is 19.1. The van der Waals surface area contributed by atoms with Crippen LogP contribution in [0.4, 0.5) is 5.69 Å². The molecule has 2 aromatic carbocycles. The number of amides is 2. The minimum atomic E-state index is -4.03. The highest BCUT2D eigenvalue weighted by atomic mass is 35.5. The van der Waals surface area contributed by atoms with Gasteiger partial charge in [-0.15, -0.1) is 0 Å². The Morgan fingerprint density at radius 3 is 2.66 bits per heavy atom.